The van der Waals surface area contributed by atoms with Crippen LogP contribution in [-0.4, -0.2) is 148 Å². The van der Waals surface area contributed by atoms with Crippen LogP contribution in [-0.2, 0) is 54.4 Å². The molecular formula is C96H85F6N21O12. The van der Waals surface area contributed by atoms with E-state index in [1.165, 1.54) is 57.2 Å². The van der Waals surface area contributed by atoms with Gasteiger partial charge in [-0.3, -0.25) is 38.3 Å². The molecule has 7 aromatic carbocycles. The smallest absolute Gasteiger partial charge is 0.387 e. The van der Waals surface area contributed by atoms with E-state index in [2.05, 4.69) is 54.8 Å². The SMILES string of the molecule is CCOc1ccc2c(n1)N(c1ccc(OC)cc1)C(=O)N(c1ccc3nn(C)cc3c1)C2.CCOc1ccc2c(n1)N(c1ccc(OC)nc1)C(=O)N(c1ccc3nn(C)cc3c1)C2.Cn1cc2cc(N3Cc4ccc(OC5CC5)nc4N(c4ccc(OC(F)F)cc4)C3=O)ccc2n1.Cn1cc2cc(N3Cc4ccc(OCC(F)F)nc4N(c4ccc(OC(F)F)cc4)C3=O)ccc2n1. The third-order valence-corrected chi connectivity index (χ3v) is 22.1. The maximum absolute atomic E-state index is 13.8. The zero-order valence-electron chi connectivity index (χ0n) is 73.7. The molecule has 8 amide bonds. The fourth-order valence-electron chi connectivity index (χ4n) is 15.9. The number of aryl methyl sites for hydroxylation is 4. The molecule has 1 fully saturated rings. The van der Waals surface area contributed by atoms with Gasteiger partial charge in [0.15, 0.2) is 6.61 Å². The Morgan fingerprint density at radius 2 is 0.637 bits per heavy atom. The first kappa shape index (κ1) is 88.9. The van der Waals surface area contributed by atoms with Gasteiger partial charge in [0.2, 0.25) is 29.4 Å². The van der Waals surface area contributed by atoms with E-state index in [1.54, 1.807) is 113 Å². The van der Waals surface area contributed by atoms with Gasteiger partial charge in [0.25, 0.3) is 6.43 Å². The van der Waals surface area contributed by atoms with E-state index in [0.717, 1.165) is 84.5 Å². The van der Waals surface area contributed by atoms with Crippen molar-refractivity contribution >= 4 is 137 Å². The number of amides is 8. The Hall–Kier alpha value is -16.8. The molecular weight excluding hydrogens is 1750 g/mol. The monoisotopic (exact) mass is 1840 g/mol. The van der Waals surface area contributed by atoms with Crippen molar-refractivity contribution in [1.82, 2.24) is 64.0 Å². The molecule has 9 aromatic heterocycles. The largest absolute Gasteiger partial charge is 0.497 e. The van der Waals surface area contributed by atoms with Crippen LogP contribution in [0.25, 0.3) is 43.6 Å². The summed E-state index contributed by atoms with van der Waals surface area (Å²) < 4.78 is 124. The molecule has 135 heavy (non-hydrogen) atoms. The van der Waals surface area contributed by atoms with Gasteiger partial charge in [-0.2, -0.15) is 57.9 Å². The second kappa shape index (κ2) is 38.0. The van der Waals surface area contributed by atoms with Gasteiger partial charge in [-0.15, -0.1) is 0 Å². The van der Waals surface area contributed by atoms with Crippen molar-refractivity contribution in [1.29, 1.82) is 0 Å². The van der Waals surface area contributed by atoms with Crippen molar-refractivity contribution in [2.75, 3.05) is 73.2 Å². The Morgan fingerprint density at radius 3 is 0.933 bits per heavy atom. The summed E-state index contributed by atoms with van der Waals surface area (Å²) in [6, 6.07) is 58.1. The number of urea groups is 4. The Bertz CT molecular complexity index is 6910. The van der Waals surface area contributed by atoms with Crippen LogP contribution in [0.5, 0.6) is 46.6 Å². The van der Waals surface area contributed by atoms with Crippen LogP contribution in [0, 0.1) is 0 Å². The molecule has 21 rings (SSSR count). The molecule has 0 radical (unpaired) electrons. The molecule has 688 valence electrons. The number of halogens is 6. The van der Waals surface area contributed by atoms with E-state index < -0.39 is 32.3 Å². The minimum atomic E-state index is -3.00. The lowest BCUT2D eigenvalue weighted by atomic mass is 10.1. The molecule has 39 heteroatoms. The van der Waals surface area contributed by atoms with Gasteiger partial charge in [-0.05, 0) is 203 Å². The van der Waals surface area contributed by atoms with Crippen LogP contribution in [0.1, 0.15) is 48.9 Å². The maximum Gasteiger partial charge on any atom is 0.387 e. The van der Waals surface area contributed by atoms with Gasteiger partial charge in [0, 0.05) is 150 Å². The van der Waals surface area contributed by atoms with Crippen LogP contribution in [0.15, 0.2) is 237 Å². The first-order chi connectivity index (χ1) is 65.4. The topological polar surface area (TPSA) is 304 Å². The van der Waals surface area contributed by atoms with Crippen LogP contribution in [0.3, 0.4) is 0 Å². The molecule has 0 bridgehead atoms. The standard InChI is InChI=1S/C25H21F2N5O3.C24H19F4N5O3.C24H23N5O3.C23H22N6O3/c1-30-13-16-12-18(5-10-21(16)29-30)31-14-15-2-11-22(34-19-8-9-19)28-23(15)32(25(31)33)17-3-6-20(7-4-17)35-24(26)27;1-31-11-15-10-17(5-8-19(15)30-31)32-12-14-2-9-21(35-13-20(25)26)29-22(14)33(24(32)34)16-3-6-18(7-4-16)36-23(27)28;1-4-32-22-12-5-16-15-28(19-8-11-21-17(13-19)14-27(2)26-21)24(30)29(23(16)25-22)18-6-9-20(31-3)10-7-18;1-4-32-21-9-5-15-14-28(17-6-8-19-16(11-17)13-27(2)26-19)23(30)29(22(15)25-21)18-7-10-20(31-3)24-12-18/h2-7,10-13,19,24H,8-9,14H2,1H3;2-11,20,23H,12-13H2,1H3;5-14H,4,15H2,1-3H3;5-13H,4,14H2,1-3H3. The Balaban J connectivity index is 0.000000120. The average molecular weight is 1840 g/mol. The predicted molar refractivity (Wildman–Crippen MR) is 492 cm³/mol. The van der Waals surface area contributed by atoms with Crippen molar-refractivity contribution in [3.63, 3.8) is 0 Å². The lowest BCUT2D eigenvalue weighted by Crippen LogP contribution is -2.45. The average Bonchev–Trinajstić information content (AvgIpc) is 1.45. The van der Waals surface area contributed by atoms with Gasteiger partial charge in [-0.1, -0.05) is 0 Å². The third kappa shape index (κ3) is 19.1. The number of carbonyl (C=O) groups is 4. The molecule has 1 saturated carbocycles. The van der Waals surface area contributed by atoms with Crippen molar-refractivity contribution in [3.8, 4) is 46.6 Å². The Labute approximate surface area is 766 Å². The number of aromatic nitrogens is 13. The van der Waals surface area contributed by atoms with E-state index in [-0.39, 0.29) is 53.9 Å². The Kier molecular flexibility index (Phi) is 25.0. The lowest BCUT2D eigenvalue weighted by Gasteiger charge is -2.36. The molecule has 0 N–H and O–H groups in total. The van der Waals surface area contributed by atoms with E-state index in [0.29, 0.717) is 119 Å². The summed E-state index contributed by atoms with van der Waals surface area (Å²) in [6.07, 6.45) is 8.63. The summed E-state index contributed by atoms with van der Waals surface area (Å²) in [6.45, 7) is -0.715. The number of benzene rings is 7. The van der Waals surface area contributed by atoms with E-state index in [1.807, 2.05) is 181 Å². The number of nitrogens with zero attached hydrogens (tertiary/aromatic N) is 21. The second-order valence-corrected chi connectivity index (χ2v) is 31.4. The summed E-state index contributed by atoms with van der Waals surface area (Å²) in [5.41, 5.74) is 11.6. The molecule has 33 nitrogen and oxygen atoms in total. The summed E-state index contributed by atoms with van der Waals surface area (Å²) in [5.74, 6) is 4.19. The van der Waals surface area contributed by atoms with E-state index in [4.69, 9.17) is 28.4 Å². The number of alkyl halides is 6. The van der Waals surface area contributed by atoms with Gasteiger partial charge in [-0.25, -0.2) is 52.5 Å². The zero-order valence-corrected chi connectivity index (χ0v) is 73.7. The van der Waals surface area contributed by atoms with Crippen LogP contribution < -0.4 is 77.1 Å². The van der Waals surface area contributed by atoms with Gasteiger partial charge < -0.3 is 37.9 Å². The fraction of sp³-hybridized carbons (Fsp3) is 0.219. The molecule has 0 spiro atoms. The summed E-state index contributed by atoms with van der Waals surface area (Å²) in [4.78, 5) is 90.2. The normalized spacial score (nSPS) is 14.0. The summed E-state index contributed by atoms with van der Waals surface area (Å²) >= 11 is 0. The number of rotatable bonds is 23. The molecule has 1 aliphatic carbocycles. The number of hydrogen-bond acceptors (Lipinski definition) is 21. The van der Waals surface area contributed by atoms with Crippen molar-refractivity contribution in [2.24, 2.45) is 28.2 Å². The molecule has 0 atom stereocenters. The second-order valence-electron chi connectivity index (χ2n) is 31.4. The van der Waals surface area contributed by atoms with Crippen molar-refractivity contribution in [2.45, 2.75) is 78.6 Å². The number of anilines is 12. The van der Waals surface area contributed by atoms with Crippen LogP contribution in [0.4, 0.5) is 114 Å². The summed E-state index contributed by atoms with van der Waals surface area (Å²) in [7, 11) is 10.6. The number of hydrogen-bond donors (Lipinski definition) is 0. The van der Waals surface area contributed by atoms with Crippen LogP contribution >= 0.6 is 0 Å². The highest BCUT2D eigenvalue weighted by Gasteiger charge is 2.40. The van der Waals surface area contributed by atoms with Gasteiger partial charge in [0.1, 0.15) is 46.6 Å². The lowest BCUT2D eigenvalue weighted by molar-refractivity contribution is -0.0505. The number of pyridine rings is 5. The molecule has 0 unspecified atom stereocenters. The number of fused-ring (bicyclic) bond motifs is 8. The third-order valence-electron chi connectivity index (χ3n) is 22.1. The maximum atomic E-state index is 13.8. The Morgan fingerprint density at radius 1 is 0.341 bits per heavy atom. The van der Waals surface area contributed by atoms with Gasteiger partial charge in [0.05, 0.1) is 105 Å². The minimum absolute atomic E-state index is 0.00564. The van der Waals surface area contributed by atoms with Crippen molar-refractivity contribution < 1.29 is 83.4 Å². The molecule has 4 aliphatic heterocycles. The van der Waals surface area contributed by atoms with E-state index in [9.17, 15) is 45.5 Å². The zero-order chi connectivity index (χ0) is 94.0. The quantitative estimate of drug-likeness (QED) is 0.0537. The molecule has 13 heterocycles. The number of ether oxygens (including phenoxy) is 8. The first-order valence-electron chi connectivity index (χ1n) is 42.6. The summed E-state index contributed by atoms with van der Waals surface area (Å²) in [5, 5.41) is 21.3. The molecule has 5 aliphatic rings. The highest BCUT2D eigenvalue weighted by Crippen LogP contribution is 2.45. The van der Waals surface area contributed by atoms with E-state index >= 15 is 0 Å². The molecule has 0 saturated heterocycles. The predicted octanol–water partition coefficient (Wildman–Crippen LogP) is 19.6. The fourth-order valence-corrected chi connectivity index (χ4v) is 15.9. The first-order valence-corrected chi connectivity index (χ1v) is 42.6. The molecule has 16 aromatic rings. The highest BCUT2D eigenvalue weighted by molar-refractivity contribution is 6.14. The van der Waals surface area contributed by atoms with Gasteiger partial charge >= 0.3 is 37.3 Å². The number of carbonyl (C=O) groups excluding carboxylic acids is 4. The minimum Gasteiger partial charge on any atom is -0.497 e. The van der Waals surface area contributed by atoms with Crippen LogP contribution in [0.2, 0.25) is 0 Å². The number of methoxy groups -OCH3 is 2. The van der Waals surface area contributed by atoms with Crippen molar-refractivity contribution in [3.05, 3.63) is 259 Å². The highest BCUT2D eigenvalue weighted by atomic mass is 19.3.